The molecule has 0 aromatic heterocycles. The molecule has 0 saturated heterocycles. The Labute approximate surface area is 133 Å². The number of carbonyl (C=O) groups is 1. The van der Waals surface area contributed by atoms with Gasteiger partial charge >= 0.3 is 0 Å². The molecule has 22 heavy (non-hydrogen) atoms. The normalized spacial score (nSPS) is 17.3. The first-order valence-electron chi connectivity index (χ1n) is 8.42. The Balaban J connectivity index is 1.75. The van der Waals surface area contributed by atoms with Gasteiger partial charge in [0, 0.05) is 12.0 Å². The highest BCUT2D eigenvalue weighted by Crippen LogP contribution is 2.33. The molecule has 2 aromatic carbocycles. The first kappa shape index (κ1) is 15.0. The molecule has 1 fully saturated rings. The molecule has 1 saturated carbocycles. The van der Waals surface area contributed by atoms with E-state index in [0.29, 0.717) is 18.3 Å². The summed E-state index contributed by atoms with van der Waals surface area (Å²) in [4.78, 5) is 12.7. The van der Waals surface area contributed by atoms with Gasteiger partial charge in [-0.15, -0.1) is 6.58 Å². The van der Waals surface area contributed by atoms with Crippen molar-refractivity contribution >= 4 is 16.6 Å². The highest BCUT2D eigenvalue weighted by atomic mass is 16.1. The van der Waals surface area contributed by atoms with Crippen LogP contribution in [0.15, 0.2) is 55.1 Å². The van der Waals surface area contributed by atoms with Crippen molar-refractivity contribution in [1.82, 2.24) is 0 Å². The Hall–Kier alpha value is -1.89. The fraction of sp³-hybridized carbons (Fsp3) is 0.381. The van der Waals surface area contributed by atoms with E-state index >= 15 is 0 Å². The summed E-state index contributed by atoms with van der Waals surface area (Å²) >= 11 is 0. The van der Waals surface area contributed by atoms with E-state index in [1.807, 2.05) is 36.4 Å². The summed E-state index contributed by atoms with van der Waals surface area (Å²) in [5.74, 6) is 1.23. The van der Waals surface area contributed by atoms with Crippen LogP contribution in [0.2, 0.25) is 0 Å². The fourth-order valence-corrected chi connectivity index (χ4v) is 3.70. The Morgan fingerprint density at radius 3 is 2.55 bits per heavy atom. The summed E-state index contributed by atoms with van der Waals surface area (Å²) in [5.41, 5.74) is 0.835. The van der Waals surface area contributed by atoms with E-state index in [1.54, 1.807) is 0 Å². The van der Waals surface area contributed by atoms with E-state index in [2.05, 4.69) is 18.7 Å². The molecule has 1 unspecified atom stereocenters. The number of allylic oxidation sites excluding steroid dienone is 1. The minimum absolute atomic E-state index is 0.251. The largest absolute Gasteiger partial charge is 0.294 e. The Kier molecular flexibility index (Phi) is 4.72. The number of rotatable bonds is 5. The molecule has 0 heterocycles. The first-order chi connectivity index (χ1) is 10.8. The fourth-order valence-electron chi connectivity index (χ4n) is 3.70. The molecule has 0 spiro atoms. The summed E-state index contributed by atoms with van der Waals surface area (Å²) < 4.78 is 0. The predicted octanol–water partition coefficient (Wildman–Crippen LogP) is 5.80. The molecule has 0 bridgehead atoms. The van der Waals surface area contributed by atoms with Crippen molar-refractivity contribution < 1.29 is 4.79 Å². The lowest BCUT2D eigenvalue weighted by Crippen LogP contribution is -2.19. The van der Waals surface area contributed by atoms with Crippen molar-refractivity contribution in [2.75, 3.05) is 0 Å². The molecule has 1 aliphatic carbocycles. The van der Waals surface area contributed by atoms with Crippen LogP contribution in [-0.2, 0) is 0 Å². The van der Waals surface area contributed by atoms with Crippen molar-refractivity contribution in [3.63, 3.8) is 0 Å². The van der Waals surface area contributed by atoms with Gasteiger partial charge in [-0.1, -0.05) is 61.7 Å². The van der Waals surface area contributed by atoms with E-state index in [9.17, 15) is 4.79 Å². The minimum atomic E-state index is 0.251. The number of benzene rings is 2. The lowest BCUT2D eigenvalue weighted by molar-refractivity contribution is 0.0949. The predicted molar refractivity (Wildman–Crippen MR) is 93.2 cm³/mol. The number of hydrogen-bond acceptors (Lipinski definition) is 1. The van der Waals surface area contributed by atoms with E-state index in [4.69, 9.17) is 0 Å². The third-order valence-electron chi connectivity index (χ3n) is 5.05. The third kappa shape index (κ3) is 3.30. The highest BCUT2D eigenvalue weighted by molar-refractivity contribution is 6.00. The monoisotopic (exact) mass is 292 g/mol. The highest BCUT2D eigenvalue weighted by Gasteiger charge is 2.23. The van der Waals surface area contributed by atoms with Gasteiger partial charge < -0.3 is 0 Å². The maximum absolute atomic E-state index is 12.7. The van der Waals surface area contributed by atoms with Gasteiger partial charge in [-0.05, 0) is 41.5 Å². The topological polar surface area (TPSA) is 17.1 Å². The van der Waals surface area contributed by atoms with Gasteiger partial charge in [-0.3, -0.25) is 4.79 Å². The summed E-state index contributed by atoms with van der Waals surface area (Å²) in [6.07, 6.45) is 9.07. The Morgan fingerprint density at radius 2 is 1.82 bits per heavy atom. The van der Waals surface area contributed by atoms with Crippen LogP contribution in [-0.4, -0.2) is 5.78 Å². The zero-order valence-corrected chi connectivity index (χ0v) is 13.1. The van der Waals surface area contributed by atoms with Gasteiger partial charge in [-0.2, -0.15) is 0 Å². The van der Waals surface area contributed by atoms with Gasteiger partial charge in [0.15, 0.2) is 5.78 Å². The maximum atomic E-state index is 12.7. The molecule has 1 nitrogen and oxygen atoms in total. The molecule has 114 valence electrons. The van der Waals surface area contributed by atoms with Crippen molar-refractivity contribution in [1.29, 1.82) is 0 Å². The van der Waals surface area contributed by atoms with E-state index in [0.717, 1.165) is 10.9 Å². The van der Waals surface area contributed by atoms with Crippen LogP contribution in [0, 0.1) is 11.8 Å². The van der Waals surface area contributed by atoms with Crippen LogP contribution in [0.4, 0.5) is 0 Å². The number of ketones is 1. The molecule has 0 aliphatic heterocycles. The minimum Gasteiger partial charge on any atom is -0.294 e. The van der Waals surface area contributed by atoms with Crippen molar-refractivity contribution in [3.8, 4) is 0 Å². The average Bonchev–Trinajstić information content (AvgIpc) is 2.59. The number of hydrogen-bond donors (Lipinski definition) is 0. The Morgan fingerprint density at radius 1 is 1.09 bits per heavy atom. The lowest BCUT2D eigenvalue weighted by atomic mass is 9.77. The van der Waals surface area contributed by atoms with E-state index in [1.165, 1.54) is 37.5 Å². The van der Waals surface area contributed by atoms with Gasteiger partial charge in [0.2, 0.25) is 0 Å². The van der Waals surface area contributed by atoms with Crippen LogP contribution in [0.3, 0.4) is 0 Å². The second-order valence-electron chi connectivity index (χ2n) is 6.49. The standard InChI is InChI=1S/C21H24O/c1-2-16(17-8-4-3-5-9-17)15-21(22)20-13-12-18-10-6-7-11-19(18)14-20/h2,6-7,10-14,16-17H,1,3-5,8-9,15H2. The first-order valence-corrected chi connectivity index (χ1v) is 8.42. The van der Waals surface area contributed by atoms with Gasteiger partial charge in [0.1, 0.15) is 0 Å². The van der Waals surface area contributed by atoms with Gasteiger partial charge in [0.05, 0.1) is 0 Å². The maximum Gasteiger partial charge on any atom is 0.163 e. The summed E-state index contributed by atoms with van der Waals surface area (Å²) in [6.45, 7) is 3.98. The molecule has 1 heteroatoms. The van der Waals surface area contributed by atoms with E-state index in [-0.39, 0.29) is 5.78 Å². The van der Waals surface area contributed by atoms with Gasteiger partial charge in [0.25, 0.3) is 0 Å². The van der Waals surface area contributed by atoms with Crippen LogP contribution in [0.25, 0.3) is 10.8 Å². The van der Waals surface area contributed by atoms with Crippen LogP contribution >= 0.6 is 0 Å². The van der Waals surface area contributed by atoms with Crippen molar-refractivity contribution in [2.24, 2.45) is 11.8 Å². The molecular formula is C21H24O. The van der Waals surface area contributed by atoms with Gasteiger partial charge in [-0.25, -0.2) is 0 Å². The second kappa shape index (κ2) is 6.91. The average molecular weight is 292 g/mol. The van der Waals surface area contributed by atoms with Crippen LogP contribution in [0.5, 0.6) is 0 Å². The summed E-state index contributed by atoms with van der Waals surface area (Å²) in [5, 5.41) is 2.33. The van der Waals surface area contributed by atoms with Crippen molar-refractivity contribution in [2.45, 2.75) is 38.5 Å². The number of Topliss-reactive ketones (excluding diaryl/α,β-unsaturated/α-hetero) is 1. The molecule has 0 amide bonds. The zero-order valence-electron chi connectivity index (χ0n) is 13.1. The molecule has 1 aliphatic rings. The lowest BCUT2D eigenvalue weighted by Gasteiger charge is -2.27. The molecule has 0 N–H and O–H groups in total. The number of carbonyl (C=O) groups excluding carboxylic acids is 1. The third-order valence-corrected chi connectivity index (χ3v) is 5.05. The summed E-state index contributed by atoms with van der Waals surface area (Å²) in [6, 6.07) is 14.2. The summed E-state index contributed by atoms with van der Waals surface area (Å²) in [7, 11) is 0. The quantitative estimate of drug-likeness (QED) is 0.503. The zero-order chi connectivity index (χ0) is 15.4. The Bertz CT molecular complexity index is 664. The second-order valence-corrected chi connectivity index (χ2v) is 6.49. The molecular weight excluding hydrogens is 268 g/mol. The van der Waals surface area contributed by atoms with Crippen LogP contribution < -0.4 is 0 Å². The molecule has 2 aromatic rings. The van der Waals surface area contributed by atoms with Crippen LogP contribution in [0.1, 0.15) is 48.9 Å². The SMILES string of the molecule is C=CC(CC(=O)c1ccc2ccccc2c1)C1CCCCC1. The van der Waals surface area contributed by atoms with E-state index < -0.39 is 0 Å². The molecule has 1 atom stereocenters. The molecule has 0 radical (unpaired) electrons. The molecule has 3 rings (SSSR count). The van der Waals surface area contributed by atoms with Crippen molar-refractivity contribution in [3.05, 3.63) is 60.7 Å². The number of fused-ring (bicyclic) bond motifs is 1. The smallest absolute Gasteiger partial charge is 0.163 e.